The first-order chi connectivity index (χ1) is 13.2. The van der Waals surface area contributed by atoms with Gasteiger partial charge >= 0.3 is 0 Å². The van der Waals surface area contributed by atoms with Crippen molar-refractivity contribution in [3.05, 3.63) is 0 Å². The Kier molecular flexibility index (Phi) is 16.2. The fourth-order valence-corrected chi connectivity index (χ4v) is 3.36. The summed E-state index contributed by atoms with van der Waals surface area (Å²) in [7, 11) is 0. The van der Waals surface area contributed by atoms with E-state index in [1.54, 1.807) is 27.7 Å². The monoisotopic (exact) mass is 488 g/mol. The van der Waals surface area contributed by atoms with Crippen LogP contribution in [0.2, 0.25) is 0 Å². The van der Waals surface area contributed by atoms with Crippen molar-refractivity contribution < 1.29 is 55.2 Å². The normalized spacial score (nSPS) is 11.7. The summed E-state index contributed by atoms with van der Waals surface area (Å²) in [5, 5.41) is 11.5. The van der Waals surface area contributed by atoms with Crippen molar-refractivity contribution >= 4 is 23.1 Å². The summed E-state index contributed by atoms with van der Waals surface area (Å²) in [6.45, 7) is 8.94. The van der Waals surface area contributed by atoms with Gasteiger partial charge < -0.3 is 9.84 Å². The molecule has 0 amide bonds. The van der Waals surface area contributed by atoms with E-state index in [1.807, 2.05) is 6.92 Å². The molecule has 0 fully saturated rings. The second-order valence-electron chi connectivity index (χ2n) is 7.29. The zero-order chi connectivity index (χ0) is 21.8. The number of carbonyl (C=O) groups excluding carboxylic acids is 4. The molecule has 0 unspecified atom stereocenters. The van der Waals surface area contributed by atoms with Gasteiger partial charge in [-0.3, -0.25) is 19.2 Å². The fraction of sp³-hybridized carbons (Fsp3) is 0.818. The molecule has 0 aliphatic heterocycles. The molecule has 6 nitrogen and oxygen atoms in total. The van der Waals surface area contributed by atoms with Crippen LogP contribution < -0.4 is 0 Å². The predicted molar refractivity (Wildman–Crippen MR) is 108 cm³/mol. The maximum atomic E-state index is 13.2. The summed E-state index contributed by atoms with van der Waals surface area (Å²) < 4.78 is 5.81. The van der Waals surface area contributed by atoms with Crippen molar-refractivity contribution in [3.63, 3.8) is 0 Å². The van der Waals surface area contributed by atoms with Crippen LogP contribution in [-0.4, -0.2) is 46.0 Å². The summed E-state index contributed by atoms with van der Waals surface area (Å²) in [4.78, 5) is 52.5. The summed E-state index contributed by atoms with van der Waals surface area (Å²) >= 11 is 0. The van der Waals surface area contributed by atoms with Crippen molar-refractivity contribution in [1.29, 1.82) is 0 Å². The molecule has 7 heteroatoms. The van der Waals surface area contributed by atoms with Crippen molar-refractivity contribution in [3.8, 4) is 0 Å². The quantitative estimate of drug-likeness (QED) is 0.247. The number of carbonyl (C=O) groups is 4. The first-order valence-electron chi connectivity index (χ1n) is 10.7. The van der Waals surface area contributed by atoms with Crippen LogP contribution in [0.5, 0.6) is 0 Å². The van der Waals surface area contributed by atoms with E-state index < -0.39 is 34.3 Å². The van der Waals surface area contributed by atoms with Gasteiger partial charge in [0.15, 0.2) is 23.1 Å². The molecule has 0 aromatic heterocycles. The van der Waals surface area contributed by atoms with Crippen LogP contribution in [0.3, 0.4) is 0 Å². The molecule has 0 aromatic carbocycles. The van der Waals surface area contributed by atoms with E-state index in [0.29, 0.717) is 32.1 Å². The topological polar surface area (TPSA) is 97.7 Å². The molecule has 0 rings (SSSR count). The molecule has 0 saturated heterocycles. The number of aliphatic hydroxyl groups is 1. The predicted octanol–water partition coefficient (Wildman–Crippen LogP) is 3.75. The molecule has 0 saturated carbocycles. The molecule has 0 aliphatic carbocycles. The molecule has 166 valence electrons. The fourth-order valence-electron chi connectivity index (χ4n) is 3.36. The number of ether oxygens (including phenoxy) is 1. The van der Waals surface area contributed by atoms with E-state index in [2.05, 4.69) is 0 Å². The van der Waals surface area contributed by atoms with Gasteiger partial charge in [0, 0.05) is 58.5 Å². The Morgan fingerprint density at radius 2 is 1.00 bits per heavy atom. The average molecular weight is 490 g/mol. The molecule has 0 heterocycles. The van der Waals surface area contributed by atoms with Crippen LogP contribution in [0.25, 0.3) is 0 Å². The zero-order valence-electron chi connectivity index (χ0n) is 18.8. The molecule has 0 spiro atoms. The first-order valence-corrected chi connectivity index (χ1v) is 10.7. The third-order valence-corrected chi connectivity index (χ3v) is 4.83. The van der Waals surface area contributed by atoms with Gasteiger partial charge in [-0.2, -0.15) is 0 Å². The maximum absolute atomic E-state index is 13.2. The first kappa shape index (κ1) is 30.7. The van der Waals surface area contributed by atoms with Gasteiger partial charge in [-0.15, -0.1) is 0 Å². The number of hydrogen-bond acceptors (Lipinski definition) is 6. The molecule has 0 atom stereocenters. The van der Waals surface area contributed by atoms with Crippen LogP contribution >= 0.6 is 0 Å². The molecule has 0 bridgehead atoms. The molecular formula is C22H38O6Zr. The summed E-state index contributed by atoms with van der Waals surface area (Å²) in [6.07, 6.45) is 2.56. The molecule has 0 aliphatic rings. The molecule has 1 N–H and O–H groups in total. The Hall–Kier alpha value is -0.517. The Morgan fingerprint density at radius 3 is 1.31 bits per heavy atom. The van der Waals surface area contributed by atoms with Gasteiger partial charge in [0.05, 0.1) is 0 Å². The van der Waals surface area contributed by atoms with Crippen molar-refractivity contribution in [2.45, 2.75) is 110 Å². The van der Waals surface area contributed by atoms with Crippen LogP contribution in [-0.2, 0) is 50.1 Å². The van der Waals surface area contributed by atoms with Crippen LogP contribution in [0, 0.1) is 0 Å². The SMILES string of the molecule is CCCCOC(C(=O)CCC)(C(=O)CCC)C(O)(C(=O)CCC)C(=O)CCC.[Zr]. The number of hydrogen-bond donors (Lipinski definition) is 1. The van der Waals surface area contributed by atoms with E-state index >= 15 is 0 Å². The second kappa shape index (κ2) is 15.3. The van der Waals surface area contributed by atoms with Gasteiger partial charge in [0.25, 0.3) is 0 Å². The Bertz CT molecular complexity index is 507. The van der Waals surface area contributed by atoms with Crippen LogP contribution in [0.1, 0.15) is 98.8 Å². The number of Topliss-reactive ketones (excluding diaryl/α,β-unsaturated/α-hetero) is 4. The minimum atomic E-state index is -2.77. The zero-order valence-corrected chi connectivity index (χ0v) is 21.2. The third-order valence-electron chi connectivity index (χ3n) is 4.83. The van der Waals surface area contributed by atoms with Gasteiger partial charge in [-0.1, -0.05) is 41.0 Å². The molecule has 0 aromatic rings. The number of ketones is 4. The van der Waals surface area contributed by atoms with Gasteiger partial charge in [0.1, 0.15) is 0 Å². The number of rotatable bonds is 17. The Morgan fingerprint density at radius 1 is 0.655 bits per heavy atom. The minimum Gasteiger partial charge on any atom is -0.372 e. The third kappa shape index (κ3) is 7.00. The van der Waals surface area contributed by atoms with Crippen molar-refractivity contribution in [2.75, 3.05) is 6.61 Å². The van der Waals surface area contributed by atoms with E-state index in [-0.39, 0.29) is 58.5 Å². The summed E-state index contributed by atoms with van der Waals surface area (Å²) in [5.74, 6) is -2.97. The van der Waals surface area contributed by atoms with Crippen LogP contribution in [0.4, 0.5) is 0 Å². The average Bonchev–Trinajstić information content (AvgIpc) is 2.65. The minimum absolute atomic E-state index is 0. The second-order valence-corrected chi connectivity index (χ2v) is 7.29. The van der Waals surface area contributed by atoms with Crippen molar-refractivity contribution in [1.82, 2.24) is 0 Å². The number of unbranched alkanes of at least 4 members (excludes halogenated alkanes) is 1. The maximum Gasteiger partial charge on any atom is 0.227 e. The molecule has 29 heavy (non-hydrogen) atoms. The molecular weight excluding hydrogens is 451 g/mol. The van der Waals surface area contributed by atoms with Crippen molar-refractivity contribution in [2.24, 2.45) is 0 Å². The largest absolute Gasteiger partial charge is 0.372 e. The van der Waals surface area contributed by atoms with E-state index in [9.17, 15) is 24.3 Å². The van der Waals surface area contributed by atoms with Crippen LogP contribution in [0.15, 0.2) is 0 Å². The summed E-state index contributed by atoms with van der Waals surface area (Å²) in [5.41, 5.74) is -5.22. The van der Waals surface area contributed by atoms with E-state index in [4.69, 9.17) is 4.74 Å². The summed E-state index contributed by atoms with van der Waals surface area (Å²) in [6, 6.07) is 0. The Balaban J connectivity index is 0. The van der Waals surface area contributed by atoms with Gasteiger partial charge in [-0.05, 0) is 32.1 Å². The van der Waals surface area contributed by atoms with Gasteiger partial charge in [0.2, 0.25) is 11.2 Å². The van der Waals surface area contributed by atoms with Gasteiger partial charge in [-0.25, -0.2) is 0 Å². The van der Waals surface area contributed by atoms with E-state index in [1.165, 1.54) is 0 Å². The molecule has 0 radical (unpaired) electrons. The van der Waals surface area contributed by atoms with E-state index in [0.717, 1.165) is 6.42 Å². The smallest absolute Gasteiger partial charge is 0.227 e. The Labute approximate surface area is 194 Å². The standard InChI is InChI=1S/C22H38O6.Zr/c1-6-11-16-28-22(19(25)14-9-4,20(26)15-10-5)21(27,17(23)12-7-2)18(24)13-8-3;/h27H,6-16H2,1-5H3;.